The largest absolute Gasteiger partial charge is 0.497 e. The minimum Gasteiger partial charge on any atom is -0.497 e. The molecule has 0 spiro atoms. The normalized spacial score (nSPS) is 13.5. The Balaban J connectivity index is 0.00000156. The van der Waals surface area contributed by atoms with Crippen molar-refractivity contribution in [2.45, 2.75) is 0 Å². The lowest BCUT2D eigenvalue weighted by molar-refractivity contribution is 0.0748. The molecule has 1 aliphatic heterocycles. The van der Waals surface area contributed by atoms with E-state index >= 15 is 0 Å². The number of amides is 1. The molecule has 2 N–H and O–H groups in total. The molecule has 3 rings (SSSR count). The number of rotatable bonds is 3. The minimum atomic E-state index is 0. The Morgan fingerprint density at radius 3 is 2.32 bits per heavy atom. The van der Waals surface area contributed by atoms with Crippen LogP contribution in [0.4, 0.5) is 11.4 Å². The Labute approximate surface area is 160 Å². The molecule has 1 fully saturated rings. The number of piperazine rings is 1. The molecule has 7 heteroatoms. The smallest absolute Gasteiger partial charge is 0.256 e. The molecule has 136 valence electrons. The van der Waals surface area contributed by atoms with Gasteiger partial charge in [-0.3, -0.25) is 4.79 Å². The summed E-state index contributed by atoms with van der Waals surface area (Å²) >= 11 is 0. The second-order valence-electron chi connectivity index (χ2n) is 5.57. The summed E-state index contributed by atoms with van der Waals surface area (Å²) in [6.07, 6.45) is 0. The molecule has 5 nitrogen and oxygen atoms in total. The van der Waals surface area contributed by atoms with Crippen LogP contribution in [-0.2, 0) is 0 Å². The highest BCUT2D eigenvalue weighted by molar-refractivity contribution is 5.99. The van der Waals surface area contributed by atoms with Crippen LogP contribution >= 0.6 is 24.8 Å². The van der Waals surface area contributed by atoms with Gasteiger partial charge in [0.05, 0.1) is 12.7 Å². The van der Waals surface area contributed by atoms with E-state index in [4.69, 9.17) is 10.5 Å². The van der Waals surface area contributed by atoms with Crippen LogP contribution in [0.2, 0.25) is 0 Å². The monoisotopic (exact) mass is 383 g/mol. The van der Waals surface area contributed by atoms with Crippen LogP contribution in [0.15, 0.2) is 48.5 Å². The SMILES string of the molecule is COc1cccc(N2CCN(C(=O)c3ccccc3N)CC2)c1.Cl.Cl. The van der Waals surface area contributed by atoms with Gasteiger partial charge in [-0.05, 0) is 24.3 Å². The number of para-hydroxylation sites is 1. The lowest BCUT2D eigenvalue weighted by Crippen LogP contribution is -2.48. The van der Waals surface area contributed by atoms with E-state index in [1.807, 2.05) is 35.2 Å². The van der Waals surface area contributed by atoms with Crippen molar-refractivity contribution in [2.75, 3.05) is 43.9 Å². The molecule has 1 amide bonds. The molecule has 0 unspecified atom stereocenters. The van der Waals surface area contributed by atoms with Gasteiger partial charge in [0, 0.05) is 43.6 Å². The minimum absolute atomic E-state index is 0. The standard InChI is InChI=1S/C18H21N3O2.2ClH/c1-23-15-6-4-5-14(13-15)20-9-11-21(12-10-20)18(22)16-7-2-3-8-17(16)19;;/h2-8,13H,9-12,19H2,1H3;2*1H. The van der Waals surface area contributed by atoms with Crippen molar-refractivity contribution in [2.24, 2.45) is 0 Å². The van der Waals surface area contributed by atoms with E-state index < -0.39 is 0 Å². The first kappa shape index (κ1) is 20.9. The molecule has 2 aromatic rings. The molecular formula is C18H23Cl2N3O2. The molecular weight excluding hydrogens is 361 g/mol. The zero-order valence-corrected chi connectivity index (χ0v) is 15.7. The maximum Gasteiger partial charge on any atom is 0.256 e. The Kier molecular flexibility index (Phi) is 7.87. The number of nitrogen functional groups attached to an aromatic ring is 1. The summed E-state index contributed by atoms with van der Waals surface area (Å²) in [6.45, 7) is 2.96. The van der Waals surface area contributed by atoms with E-state index in [1.54, 1.807) is 19.2 Å². The maximum absolute atomic E-state index is 12.6. The molecule has 0 aliphatic carbocycles. The fourth-order valence-corrected chi connectivity index (χ4v) is 2.84. The highest BCUT2D eigenvalue weighted by Gasteiger charge is 2.23. The van der Waals surface area contributed by atoms with Gasteiger partial charge in [0.2, 0.25) is 0 Å². The van der Waals surface area contributed by atoms with Gasteiger partial charge in [0.25, 0.3) is 5.91 Å². The van der Waals surface area contributed by atoms with Gasteiger partial charge in [0.1, 0.15) is 5.75 Å². The molecule has 25 heavy (non-hydrogen) atoms. The molecule has 0 saturated carbocycles. The number of halogens is 2. The maximum atomic E-state index is 12.6. The van der Waals surface area contributed by atoms with Crippen molar-refractivity contribution in [3.63, 3.8) is 0 Å². The lowest BCUT2D eigenvalue weighted by Gasteiger charge is -2.36. The third-order valence-electron chi connectivity index (χ3n) is 4.18. The molecule has 2 aromatic carbocycles. The third-order valence-corrected chi connectivity index (χ3v) is 4.18. The van der Waals surface area contributed by atoms with E-state index in [1.165, 1.54) is 0 Å². The average Bonchev–Trinajstić information content (AvgIpc) is 2.62. The summed E-state index contributed by atoms with van der Waals surface area (Å²) in [4.78, 5) is 16.7. The van der Waals surface area contributed by atoms with Crippen LogP contribution in [-0.4, -0.2) is 44.1 Å². The predicted molar refractivity (Wildman–Crippen MR) is 106 cm³/mol. The number of ether oxygens (including phenoxy) is 1. The van der Waals surface area contributed by atoms with Gasteiger partial charge in [-0.25, -0.2) is 0 Å². The lowest BCUT2D eigenvalue weighted by atomic mass is 10.1. The zero-order valence-electron chi connectivity index (χ0n) is 14.1. The number of hydrogen-bond acceptors (Lipinski definition) is 4. The van der Waals surface area contributed by atoms with Crippen LogP contribution in [0.3, 0.4) is 0 Å². The molecule has 1 aliphatic rings. The number of hydrogen-bond donors (Lipinski definition) is 1. The summed E-state index contributed by atoms with van der Waals surface area (Å²) in [6, 6.07) is 15.2. The van der Waals surface area contributed by atoms with Gasteiger partial charge in [-0.1, -0.05) is 18.2 Å². The molecule has 0 radical (unpaired) electrons. The molecule has 0 atom stereocenters. The van der Waals surface area contributed by atoms with Crippen molar-refractivity contribution in [3.05, 3.63) is 54.1 Å². The van der Waals surface area contributed by atoms with E-state index in [-0.39, 0.29) is 30.7 Å². The van der Waals surface area contributed by atoms with Crippen molar-refractivity contribution in [1.82, 2.24) is 4.90 Å². The van der Waals surface area contributed by atoms with E-state index in [2.05, 4.69) is 11.0 Å². The first-order chi connectivity index (χ1) is 11.2. The van der Waals surface area contributed by atoms with Crippen LogP contribution in [0.1, 0.15) is 10.4 Å². The quantitative estimate of drug-likeness (QED) is 0.827. The van der Waals surface area contributed by atoms with Gasteiger partial charge >= 0.3 is 0 Å². The van der Waals surface area contributed by atoms with Gasteiger partial charge in [0.15, 0.2) is 0 Å². The number of carbonyl (C=O) groups is 1. The summed E-state index contributed by atoms with van der Waals surface area (Å²) in [5.41, 5.74) is 8.15. The highest BCUT2D eigenvalue weighted by Crippen LogP contribution is 2.23. The second-order valence-corrected chi connectivity index (χ2v) is 5.57. The first-order valence-corrected chi connectivity index (χ1v) is 7.72. The summed E-state index contributed by atoms with van der Waals surface area (Å²) in [5.74, 6) is 0.853. The fourth-order valence-electron chi connectivity index (χ4n) is 2.84. The van der Waals surface area contributed by atoms with Crippen molar-refractivity contribution in [3.8, 4) is 5.75 Å². The second kappa shape index (κ2) is 9.39. The zero-order chi connectivity index (χ0) is 16.2. The molecule has 1 saturated heterocycles. The van der Waals surface area contributed by atoms with Gasteiger partial charge < -0.3 is 20.3 Å². The van der Waals surface area contributed by atoms with Gasteiger partial charge in [-0.2, -0.15) is 0 Å². The van der Waals surface area contributed by atoms with Crippen LogP contribution in [0.25, 0.3) is 0 Å². The summed E-state index contributed by atoms with van der Waals surface area (Å²) in [5, 5.41) is 0. The van der Waals surface area contributed by atoms with E-state index in [0.717, 1.165) is 24.5 Å². The number of anilines is 2. The third kappa shape index (κ3) is 4.71. The van der Waals surface area contributed by atoms with Crippen LogP contribution < -0.4 is 15.4 Å². The first-order valence-electron chi connectivity index (χ1n) is 7.72. The number of nitrogens with two attached hydrogens (primary N) is 1. The van der Waals surface area contributed by atoms with Gasteiger partial charge in [-0.15, -0.1) is 24.8 Å². The van der Waals surface area contributed by atoms with Crippen molar-refractivity contribution >= 4 is 42.1 Å². The average molecular weight is 384 g/mol. The van der Waals surface area contributed by atoms with E-state index in [9.17, 15) is 4.79 Å². The Morgan fingerprint density at radius 2 is 1.68 bits per heavy atom. The van der Waals surface area contributed by atoms with Crippen LogP contribution in [0.5, 0.6) is 5.75 Å². The number of carbonyl (C=O) groups excluding carboxylic acids is 1. The van der Waals surface area contributed by atoms with Crippen molar-refractivity contribution < 1.29 is 9.53 Å². The number of benzene rings is 2. The van der Waals surface area contributed by atoms with Crippen LogP contribution in [0, 0.1) is 0 Å². The molecule has 1 heterocycles. The Hall–Kier alpha value is -2.11. The topological polar surface area (TPSA) is 58.8 Å². The molecule has 0 aromatic heterocycles. The Bertz CT molecular complexity index is 704. The highest BCUT2D eigenvalue weighted by atomic mass is 35.5. The summed E-state index contributed by atoms with van der Waals surface area (Å²) < 4.78 is 5.27. The predicted octanol–water partition coefficient (Wildman–Crippen LogP) is 3.08. The van der Waals surface area contributed by atoms with E-state index in [0.29, 0.717) is 24.3 Å². The number of nitrogens with zero attached hydrogens (tertiary/aromatic N) is 2. The number of methoxy groups -OCH3 is 1. The van der Waals surface area contributed by atoms with Crippen molar-refractivity contribution in [1.29, 1.82) is 0 Å². The summed E-state index contributed by atoms with van der Waals surface area (Å²) in [7, 11) is 1.67. The Morgan fingerprint density at radius 1 is 1.00 bits per heavy atom. The molecule has 0 bridgehead atoms. The fraction of sp³-hybridized carbons (Fsp3) is 0.278.